The molecule has 0 unspecified atom stereocenters. The molecule has 0 saturated carbocycles. The summed E-state index contributed by atoms with van der Waals surface area (Å²) in [5.41, 5.74) is 3.51. The van der Waals surface area contributed by atoms with Crippen LogP contribution >= 0.6 is 24.0 Å². The maximum absolute atomic E-state index is 11.8. The number of hydrogen-bond donors (Lipinski definition) is 2. The molecule has 0 bridgehead atoms. The molecule has 1 amide bonds. The fourth-order valence-electron chi connectivity index (χ4n) is 3.27. The first kappa shape index (κ1) is 22.2. The van der Waals surface area contributed by atoms with Gasteiger partial charge in [-0.3, -0.25) is 9.79 Å². The van der Waals surface area contributed by atoms with E-state index in [1.807, 2.05) is 23.1 Å². The summed E-state index contributed by atoms with van der Waals surface area (Å²) in [6.07, 6.45) is 3.73. The Morgan fingerprint density at radius 1 is 1.04 bits per heavy atom. The molecule has 2 aromatic rings. The summed E-state index contributed by atoms with van der Waals surface area (Å²) >= 11 is 0. The molecule has 2 aromatic carbocycles. The van der Waals surface area contributed by atoms with Crippen LogP contribution in [0.4, 0.5) is 5.69 Å². The van der Waals surface area contributed by atoms with Crippen LogP contribution in [0.5, 0.6) is 0 Å². The first-order valence-corrected chi connectivity index (χ1v) is 9.64. The molecule has 3 rings (SSSR count). The van der Waals surface area contributed by atoms with E-state index in [1.54, 1.807) is 7.05 Å². The third-order valence-electron chi connectivity index (χ3n) is 4.78. The lowest BCUT2D eigenvalue weighted by Crippen LogP contribution is -2.37. The zero-order chi connectivity index (χ0) is 18.9. The number of hydrogen-bond acceptors (Lipinski definition) is 2. The molecule has 2 N–H and O–H groups in total. The molecule has 0 radical (unpaired) electrons. The predicted molar refractivity (Wildman–Crippen MR) is 126 cm³/mol. The van der Waals surface area contributed by atoms with Crippen molar-refractivity contribution in [3.05, 3.63) is 65.7 Å². The average molecular weight is 492 g/mol. The van der Waals surface area contributed by atoms with Crippen LogP contribution in [-0.4, -0.2) is 32.0 Å². The predicted octanol–water partition coefficient (Wildman–Crippen LogP) is 3.73. The molecule has 0 aliphatic carbocycles. The highest BCUT2D eigenvalue weighted by molar-refractivity contribution is 14.0. The average Bonchev–Trinajstić information content (AvgIpc) is 3.14. The lowest BCUT2D eigenvalue weighted by Gasteiger charge is -2.16. The Labute approximate surface area is 184 Å². The summed E-state index contributed by atoms with van der Waals surface area (Å²) in [6.45, 7) is 2.41. The Balaban J connectivity index is 0.00000280. The molecular weight excluding hydrogens is 463 g/mol. The second-order valence-electron chi connectivity index (χ2n) is 6.76. The van der Waals surface area contributed by atoms with E-state index in [4.69, 9.17) is 0 Å². The van der Waals surface area contributed by atoms with Crippen molar-refractivity contribution >= 4 is 41.5 Å². The third-order valence-corrected chi connectivity index (χ3v) is 4.78. The van der Waals surface area contributed by atoms with Gasteiger partial charge >= 0.3 is 0 Å². The molecule has 1 heterocycles. The first-order valence-electron chi connectivity index (χ1n) is 9.64. The summed E-state index contributed by atoms with van der Waals surface area (Å²) < 4.78 is 0. The molecular formula is C22H29IN4O. The van der Waals surface area contributed by atoms with Crippen molar-refractivity contribution in [3.63, 3.8) is 0 Å². The Bertz CT molecular complexity index is 762. The highest BCUT2D eigenvalue weighted by Crippen LogP contribution is 2.21. The van der Waals surface area contributed by atoms with Gasteiger partial charge in [0.15, 0.2) is 5.96 Å². The molecule has 1 fully saturated rings. The van der Waals surface area contributed by atoms with Gasteiger partial charge in [0.05, 0.1) is 0 Å². The second-order valence-corrected chi connectivity index (χ2v) is 6.76. The van der Waals surface area contributed by atoms with Crippen LogP contribution in [0.3, 0.4) is 0 Å². The zero-order valence-electron chi connectivity index (χ0n) is 16.4. The van der Waals surface area contributed by atoms with Crippen molar-refractivity contribution < 1.29 is 4.79 Å². The number of aryl methyl sites for hydroxylation is 1. The van der Waals surface area contributed by atoms with E-state index < -0.39 is 0 Å². The minimum Gasteiger partial charge on any atom is -0.356 e. The summed E-state index contributed by atoms with van der Waals surface area (Å²) in [7, 11) is 1.79. The van der Waals surface area contributed by atoms with E-state index in [2.05, 4.69) is 52.0 Å². The van der Waals surface area contributed by atoms with Gasteiger partial charge in [-0.05, 0) is 42.5 Å². The van der Waals surface area contributed by atoms with Gasteiger partial charge < -0.3 is 15.5 Å². The highest BCUT2D eigenvalue weighted by atomic mass is 127. The van der Waals surface area contributed by atoms with Crippen molar-refractivity contribution in [3.8, 4) is 0 Å². The molecule has 150 valence electrons. The number of carbonyl (C=O) groups is 1. The van der Waals surface area contributed by atoms with Gasteiger partial charge in [0.1, 0.15) is 0 Å². The van der Waals surface area contributed by atoms with E-state index in [-0.39, 0.29) is 29.9 Å². The fraction of sp³-hybridized carbons (Fsp3) is 0.364. The maximum atomic E-state index is 11.8. The van der Waals surface area contributed by atoms with Gasteiger partial charge in [0.2, 0.25) is 5.91 Å². The van der Waals surface area contributed by atoms with Gasteiger partial charge in [-0.1, -0.05) is 42.5 Å². The number of amides is 1. The highest BCUT2D eigenvalue weighted by Gasteiger charge is 2.21. The summed E-state index contributed by atoms with van der Waals surface area (Å²) in [4.78, 5) is 18.0. The Kier molecular flexibility index (Phi) is 9.27. The molecule has 0 aromatic heterocycles. The summed E-state index contributed by atoms with van der Waals surface area (Å²) in [5, 5.41) is 6.70. The molecule has 0 atom stereocenters. The quantitative estimate of drug-likeness (QED) is 0.268. The zero-order valence-corrected chi connectivity index (χ0v) is 18.7. The van der Waals surface area contributed by atoms with E-state index in [0.29, 0.717) is 13.0 Å². The van der Waals surface area contributed by atoms with E-state index >= 15 is 0 Å². The van der Waals surface area contributed by atoms with Gasteiger partial charge in [-0.2, -0.15) is 0 Å². The van der Waals surface area contributed by atoms with Crippen molar-refractivity contribution in [2.75, 3.05) is 25.0 Å². The normalized spacial score (nSPS) is 14.0. The van der Waals surface area contributed by atoms with Crippen LogP contribution in [0.25, 0.3) is 0 Å². The van der Waals surface area contributed by atoms with Crippen molar-refractivity contribution in [1.29, 1.82) is 0 Å². The third kappa shape index (κ3) is 6.51. The number of halogens is 1. The molecule has 28 heavy (non-hydrogen) atoms. The van der Waals surface area contributed by atoms with E-state index in [9.17, 15) is 4.79 Å². The maximum Gasteiger partial charge on any atom is 0.227 e. The first-order chi connectivity index (χ1) is 13.3. The Morgan fingerprint density at radius 3 is 2.43 bits per heavy atom. The van der Waals surface area contributed by atoms with Crippen molar-refractivity contribution in [2.24, 2.45) is 4.99 Å². The second kappa shape index (κ2) is 11.7. The summed E-state index contributed by atoms with van der Waals surface area (Å²) in [5.74, 6) is 1.03. The molecule has 0 spiro atoms. The van der Waals surface area contributed by atoms with Crippen LogP contribution < -0.4 is 15.5 Å². The van der Waals surface area contributed by atoms with Crippen LogP contribution in [0.15, 0.2) is 59.6 Å². The van der Waals surface area contributed by atoms with Gasteiger partial charge in [0, 0.05) is 38.8 Å². The van der Waals surface area contributed by atoms with Crippen LogP contribution in [0, 0.1) is 0 Å². The minimum absolute atomic E-state index is 0. The number of carbonyl (C=O) groups excluding carboxylic acids is 1. The monoisotopic (exact) mass is 492 g/mol. The number of nitrogens with zero attached hydrogens (tertiary/aromatic N) is 2. The van der Waals surface area contributed by atoms with Crippen molar-refractivity contribution in [2.45, 2.75) is 32.2 Å². The Hall–Kier alpha value is -2.09. The standard InChI is InChI=1S/C22H28N4O.HI/c1-23-22(24-15-5-9-18-7-3-2-4-8-18)25-17-19-11-13-20(14-12-19)26-16-6-10-21(26)27;/h2-4,7-8,11-14H,5-6,9-10,15-17H2,1H3,(H2,23,24,25);1H. The molecule has 6 heteroatoms. The van der Waals surface area contributed by atoms with Crippen LogP contribution in [-0.2, 0) is 17.8 Å². The topological polar surface area (TPSA) is 56.7 Å². The minimum atomic E-state index is 0. The number of benzene rings is 2. The number of nitrogens with one attached hydrogen (secondary N) is 2. The van der Waals surface area contributed by atoms with Gasteiger partial charge in [-0.25, -0.2) is 0 Å². The van der Waals surface area contributed by atoms with Gasteiger partial charge in [-0.15, -0.1) is 24.0 Å². The van der Waals surface area contributed by atoms with Crippen molar-refractivity contribution in [1.82, 2.24) is 10.6 Å². The smallest absolute Gasteiger partial charge is 0.227 e. The lowest BCUT2D eigenvalue weighted by molar-refractivity contribution is -0.117. The molecule has 1 saturated heterocycles. The number of anilines is 1. The van der Waals surface area contributed by atoms with Gasteiger partial charge in [0.25, 0.3) is 0 Å². The van der Waals surface area contributed by atoms with E-state index in [0.717, 1.165) is 49.6 Å². The van der Waals surface area contributed by atoms with Crippen LogP contribution in [0.1, 0.15) is 30.4 Å². The molecule has 1 aliphatic heterocycles. The Morgan fingerprint density at radius 2 is 1.79 bits per heavy atom. The molecule has 5 nitrogen and oxygen atoms in total. The number of guanidine groups is 1. The summed E-state index contributed by atoms with van der Waals surface area (Å²) in [6, 6.07) is 18.7. The number of rotatable bonds is 7. The largest absolute Gasteiger partial charge is 0.356 e. The molecule has 1 aliphatic rings. The van der Waals surface area contributed by atoms with E-state index in [1.165, 1.54) is 5.56 Å². The fourth-order valence-corrected chi connectivity index (χ4v) is 3.27. The SMILES string of the molecule is CN=C(NCCCc1ccccc1)NCc1ccc(N2CCCC2=O)cc1.I. The number of aliphatic imine (C=N–C) groups is 1. The van der Waals surface area contributed by atoms with Crippen LogP contribution in [0.2, 0.25) is 0 Å². The lowest BCUT2D eigenvalue weighted by atomic mass is 10.1.